The molecule has 1 heterocycles. The molecule has 0 aromatic heterocycles. The highest BCUT2D eigenvalue weighted by atomic mass is 19.1. The van der Waals surface area contributed by atoms with Crippen molar-refractivity contribution in [3.8, 4) is 0 Å². The molecule has 0 unspecified atom stereocenters. The van der Waals surface area contributed by atoms with Gasteiger partial charge in [-0.25, -0.2) is 13.6 Å². The fraction of sp³-hybridized carbons (Fsp3) is 0.259. The normalized spacial score (nSPS) is 15.4. The first kappa shape index (κ1) is 23.4. The molecule has 0 spiro atoms. The van der Waals surface area contributed by atoms with Gasteiger partial charge in [-0.15, -0.1) is 0 Å². The third kappa shape index (κ3) is 5.25. The van der Waals surface area contributed by atoms with Gasteiger partial charge in [0.15, 0.2) is 0 Å². The molecule has 2 aromatic rings. The summed E-state index contributed by atoms with van der Waals surface area (Å²) >= 11 is 0. The molecule has 2 N–H and O–H groups in total. The van der Waals surface area contributed by atoms with Crippen LogP contribution in [0.4, 0.5) is 19.3 Å². The zero-order valence-corrected chi connectivity index (χ0v) is 19.0. The highest BCUT2D eigenvalue weighted by molar-refractivity contribution is 5.96. The number of amides is 3. The number of rotatable bonds is 4. The standard InChI is InChI=1S/C27H27F2N3O2/c1-18-16-20(26(33)32-15-6-5-9-19-8-3-2-4-12-24(19)32)13-14-21(18)17-30-27(34)31-25-22(28)10-7-11-23(25)29/h2-4,7-8,10-11,13-14,16H,5-6,9,12,15,17H2,1H3,(H2,30,31,34). The molecule has 0 saturated carbocycles. The largest absolute Gasteiger partial charge is 0.334 e. The molecule has 0 fully saturated rings. The van der Waals surface area contributed by atoms with Crippen molar-refractivity contribution < 1.29 is 18.4 Å². The van der Waals surface area contributed by atoms with E-state index >= 15 is 0 Å². The number of allylic oxidation sites excluding steroid dienone is 5. The molecule has 2 aliphatic rings. The zero-order chi connectivity index (χ0) is 24.1. The van der Waals surface area contributed by atoms with E-state index in [1.807, 2.05) is 30.0 Å². The molecule has 4 rings (SSSR count). The van der Waals surface area contributed by atoms with Gasteiger partial charge in [0.05, 0.1) is 0 Å². The van der Waals surface area contributed by atoms with Crippen LogP contribution in [-0.2, 0) is 6.54 Å². The van der Waals surface area contributed by atoms with Gasteiger partial charge in [-0.05, 0) is 67.2 Å². The number of urea groups is 1. The first-order valence-corrected chi connectivity index (χ1v) is 11.4. The van der Waals surface area contributed by atoms with Gasteiger partial charge in [0, 0.05) is 30.8 Å². The van der Waals surface area contributed by atoms with Gasteiger partial charge >= 0.3 is 6.03 Å². The average molecular weight is 464 g/mol. The van der Waals surface area contributed by atoms with E-state index in [9.17, 15) is 18.4 Å². The summed E-state index contributed by atoms with van der Waals surface area (Å²) in [6.45, 7) is 2.71. The molecule has 2 aromatic carbocycles. The first-order chi connectivity index (χ1) is 16.4. The Labute approximate surface area is 197 Å². The van der Waals surface area contributed by atoms with Crippen molar-refractivity contribution in [1.82, 2.24) is 10.2 Å². The lowest BCUT2D eigenvalue weighted by molar-refractivity contribution is 0.0803. The minimum atomic E-state index is -0.847. The molecule has 5 nitrogen and oxygen atoms in total. The van der Waals surface area contributed by atoms with E-state index in [-0.39, 0.29) is 12.5 Å². The quantitative estimate of drug-likeness (QED) is 0.585. The Morgan fingerprint density at radius 2 is 1.85 bits per heavy atom. The fourth-order valence-electron chi connectivity index (χ4n) is 4.25. The molecular formula is C27H27F2N3O2. The lowest BCUT2D eigenvalue weighted by Gasteiger charge is -2.25. The molecule has 0 atom stereocenters. The Balaban J connectivity index is 1.44. The van der Waals surface area contributed by atoms with Gasteiger partial charge in [0.25, 0.3) is 5.91 Å². The zero-order valence-electron chi connectivity index (χ0n) is 19.0. The number of hydrogen-bond acceptors (Lipinski definition) is 2. The van der Waals surface area contributed by atoms with Crippen LogP contribution in [0.15, 0.2) is 72.0 Å². The molecule has 0 radical (unpaired) electrons. The number of aryl methyl sites for hydroxylation is 1. The van der Waals surface area contributed by atoms with Crippen LogP contribution in [0.2, 0.25) is 0 Å². The summed E-state index contributed by atoms with van der Waals surface area (Å²) in [4.78, 5) is 27.4. The third-order valence-corrected chi connectivity index (χ3v) is 6.11. The van der Waals surface area contributed by atoms with Crippen LogP contribution in [-0.4, -0.2) is 23.4 Å². The number of halogens is 2. The van der Waals surface area contributed by atoms with Crippen LogP contribution in [0.25, 0.3) is 0 Å². The predicted octanol–water partition coefficient (Wildman–Crippen LogP) is 5.99. The van der Waals surface area contributed by atoms with E-state index in [1.165, 1.54) is 11.6 Å². The smallest absolute Gasteiger partial charge is 0.319 e. The van der Waals surface area contributed by atoms with Crippen LogP contribution in [0, 0.1) is 18.6 Å². The van der Waals surface area contributed by atoms with E-state index in [2.05, 4.69) is 22.8 Å². The molecule has 3 amide bonds. The predicted molar refractivity (Wildman–Crippen MR) is 128 cm³/mol. The van der Waals surface area contributed by atoms with Crippen molar-refractivity contribution in [2.24, 2.45) is 0 Å². The first-order valence-electron chi connectivity index (χ1n) is 11.4. The Morgan fingerprint density at radius 3 is 2.62 bits per heavy atom. The average Bonchev–Trinajstić information content (AvgIpc) is 3.16. The summed E-state index contributed by atoms with van der Waals surface area (Å²) in [6, 6.07) is 8.03. The Kier molecular flexibility index (Phi) is 7.21. The molecule has 0 bridgehead atoms. The van der Waals surface area contributed by atoms with E-state index in [0.29, 0.717) is 12.1 Å². The maximum Gasteiger partial charge on any atom is 0.319 e. The topological polar surface area (TPSA) is 61.4 Å². The van der Waals surface area contributed by atoms with Crippen LogP contribution < -0.4 is 10.6 Å². The maximum absolute atomic E-state index is 13.7. The Bertz CT molecular complexity index is 1180. The van der Waals surface area contributed by atoms with Crippen molar-refractivity contribution in [1.29, 1.82) is 0 Å². The highest BCUT2D eigenvalue weighted by Crippen LogP contribution is 2.29. The van der Waals surface area contributed by atoms with Crippen LogP contribution >= 0.6 is 0 Å². The Hall–Kier alpha value is -3.74. The van der Waals surface area contributed by atoms with Gasteiger partial charge in [0.1, 0.15) is 17.3 Å². The van der Waals surface area contributed by atoms with E-state index < -0.39 is 23.4 Å². The minimum absolute atomic E-state index is 0.0338. The fourth-order valence-corrected chi connectivity index (χ4v) is 4.25. The molecular weight excluding hydrogens is 436 g/mol. The van der Waals surface area contributed by atoms with Crippen molar-refractivity contribution in [2.75, 3.05) is 11.9 Å². The van der Waals surface area contributed by atoms with Crippen molar-refractivity contribution in [3.63, 3.8) is 0 Å². The lowest BCUT2D eigenvalue weighted by Crippen LogP contribution is -2.31. The third-order valence-electron chi connectivity index (χ3n) is 6.11. The second-order valence-electron chi connectivity index (χ2n) is 8.42. The summed E-state index contributed by atoms with van der Waals surface area (Å²) in [5, 5.41) is 4.81. The lowest BCUT2D eigenvalue weighted by atomic mass is 10.0. The number of anilines is 1. The second-order valence-corrected chi connectivity index (χ2v) is 8.42. The molecule has 176 valence electrons. The van der Waals surface area contributed by atoms with Crippen LogP contribution in [0.3, 0.4) is 0 Å². The summed E-state index contributed by atoms with van der Waals surface area (Å²) in [7, 11) is 0. The van der Waals surface area contributed by atoms with Crippen molar-refractivity contribution in [3.05, 3.63) is 100 Å². The number of benzene rings is 2. The van der Waals surface area contributed by atoms with Gasteiger partial charge in [0.2, 0.25) is 0 Å². The molecule has 34 heavy (non-hydrogen) atoms. The minimum Gasteiger partial charge on any atom is -0.334 e. The molecule has 1 aliphatic carbocycles. The number of nitrogens with zero attached hydrogens (tertiary/aromatic N) is 1. The second kappa shape index (κ2) is 10.5. The van der Waals surface area contributed by atoms with Gasteiger partial charge in [-0.1, -0.05) is 36.4 Å². The van der Waals surface area contributed by atoms with Crippen molar-refractivity contribution >= 4 is 17.6 Å². The van der Waals surface area contributed by atoms with Gasteiger partial charge in [-0.3, -0.25) is 4.79 Å². The summed E-state index contributed by atoms with van der Waals surface area (Å²) in [5.41, 5.74) is 4.01. The van der Waals surface area contributed by atoms with Gasteiger partial charge < -0.3 is 15.5 Å². The van der Waals surface area contributed by atoms with Gasteiger partial charge in [-0.2, -0.15) is 0 Å². The summed E-state index contributed by atoms with van der Waals surface area (Å²) in [6.07, 6.45) is 11.9. The number of carbonyl (C=O) groups excluding carboxylic acids is 2. The molecule has 7 heteroatoms. The summed E-state index contributed by atoms with van der Waals surface area (Å²) < 4.78 is 27.5. The van der Waals surface area contributed by atoms with Crippen LogP contribution in [0.5, 0.6) is 0 Å². The molecule has 1 aliphatic heterocycles. The van der Waals surface area contributed by atoms with E-state index in [4.69, 9.17) is 0 Å². The number of para-hydroxylation sites is 1. The highest BCUT2D eigenvalue weighted by Gasteiger charge is 2.24. The van der Waals surface area contributed by atoms with E-state index in [0.717, 1.165) is 54.6 Å². The van der Waals surface area contributed by atoms with E-state index in [1.54, 1.807) is 12.1 Å². The number of carbonyl (C=O) groups is 2. The SMILES string of the molecule is Cc1cc(C(=O)N2CCCCC3=C2CC=CC=C3)ccc1CNC(=O)Nc1c(F)cccc1F. The monoisotopic (exact) mass is 463 g/mol. The van der Waals surface area contributed by atoms with Crippen LogP contribution in [0.1, 0.15) is 47.2 Å². The number of nitrogens with one attached hydrogen (secondary N) is 2. The Morgan fingerprint density at radius 1 is 1.06 bits per heavy atom. The molecule has 0 saturated heterocycles. The number of hydrogen-bond donors (Lipinski definition) is 2. The summed E-state index contributed by atoms with van der Waals surface area (Å²) in [5.74, 6) is -1.73. The maximum atomic E-state index is 13.7. The van der Waals surface area contributed by atoms with Crippen molar-refractivity contribution in [2.45, 2.75) is 39.2 Å².